The van der Waals surface area contributed by atoms with Gasteiger partial charge in [-0.05, 0) is 29.8 Å². The molecule has 2 aromatic carbocycles. The Hall–Kier alpha value is -4.27. The number of nitrogens with zero attached hydrogens (tertiary/aromatic N) is 2. The van der Waals surface area contributed by atoms with Crippen molar-refractivity contribution < 1.29 is 39.5 Å². The first-order valence-electron chi connectivity index (χ1n) is 8.46. The predicted octanol–water partition coefficient (Wildman–Crippen LogP) is 1.75. The Morgan fingerprint density at radius 2 is 1.26 bits per heavy atom. The molecule has 0 amide bonds. The maximum Gasteiger partial charge on any atom is 0.323 e. The Kier molecular flexibility index (Phi) is 17.5. The molecule has 0 aliphatic heterocycles. The molecule has 0 spiro atoms. The number of carboxylic acid groups (broad SMARTS) is 2. The van der Waals surface area contributed by atoms with Crippen molar-refractivity contribution in [2.75, 3.05) is 6.54 Å². The van der Waals surface area contributed by atoms with Crippen molar-refractivity contribution >= 4 is 29.6 Å². The molecule has 0 radical (unpaired) electrons. The van der Waals surface area contributed by atoms with Crippen LogP contribution in [0.3, 0.4) is 0 Å². The summed E-state index contributed by atoms with van der Waals surface area (Å²) >= 11 is 0. The van der Waals surface area contributed by atoms with E-state index in [1.54, 1.807) is 0 Å². The number of aliphatic hydroxyl groups excluding tert-OH is 1. The van der Waals surface area contributed by atoms with E-state index in [1.165, 1.54) is 48.5 Å². The first-order valence-corrected chi connectivity index (χ1v) is 8.46. The van der Waals surface area contributed by atoms with Gasteiger partial charge in [-0.2, -0.15) is 0 Å². The van der Waals surface area contributed by atoms with Gasteiger partial charge >= 0.3 is 11.9 Å². The zero-order valence-corrected chi connectivity index (χ0v) is 16.3. The molecule has 34 heavy (non-hydrogen) atoms. The van der Waals surface area contributed by atoms with Gasteiger partial charge in [-0.15, -0.1) is 0 Å². The number of nitro groups is 2. The lowest BCUT2D eigenvalue weighted by Gasteiger charge is -2.14. The first kappa shape index (κ1) is 34.3. The fourth-order valence-electron chi connectivity index (χ4n) is 1.81. The Morgan fingerprint density at radius 3 is 1.53 bits per heavy atom. The second-order valence-corrected chi connectivity index (χ2v) is 5.72. The Balaban J connectivity index is -0.000000467. The maximum atomic E-state index is 10.5. The summed E-state index contributed by atoms with van der Waals surface area (Å²) < 4.78 is 0. The first-order chi connectivity index (χ1) is 14.9. The number of aliphatic hydroxyl groups is 1. The van der Waals surface area contributed by atoms with Crippen molar-refractivity contribution in [1.82, 2.24) is 0 Å². The minimum Gasteiger partial charge on any atom is -0.480 e. The third-order valence-electron chi connectivity index (χ3n) is 3.49. The second-order valence-electron chi connectivity index (χ2n) is 5.72. The standard InChI is InChI=1S/C9H10N2O5.C7H5NO3.C2H5NO2.2CH4/c10-7(9(13)14)8(12)5-1-3-6(4-2-5)11(15)16;9-5-6-1-3-7(4-2-6)8(10)11;3-1-2(4)5;;/h1-4,7-8,12H,10H2,(H,13,14);1-5H;1,3H2,(H,4,5);2*1H4/t7-,8+;;;;/m0..../s1. The third kappa shape index (κ3) is 12.6. The van der Waals surface area contributed by atoms with Crippen LogP contribution < -0.4 is 11.5 Å². The van der Waals surface area contributed by atoms with Crippen molar-refractivity contribution in [3.8, 4) is 0 Å². The molecular formula is C20H28N4O10. The van der Waals surface area contributed by atoms with Crippen molar-refractivity contribution in [3.05, 3.63) is 79.9 Å². The average Bonchev–Trinajstić information content (AvgIpc) is 2.78. The summed E-state index contributed by atoms with van der Waals surface area (Å²) in [5.74, 6) is -2.31. The van der Waals surface area contributed by atoms with Crippen molar-refractivity contribution in [3.63, 3.8) is 0 Å². The average molecular weight is 484 g/mol. The minimum atomic E-state index is -1.46. The minimum absolute atomic E-state index is 0. The zero-order valence-electron chi connectivity index (χ0n) is 16.3. The van der Waals surface area contributed by atoms with Crippen molar-refractivity contribution in [2.45, 2.75) is 27.0 Å². The number of hydrogen-bond acceptors (Lipinski definition) is 10. The summed E-state index contributed by atoms with van der Waals surface area (Å²) in [6, 6.07) is 8.84. The van der Waals surface area contributed by atoms with Crippen molar-refractivity contribution in [1.29, 1.82) is 0 Å². The van der Waals surface area contributed by atoms with Gasteiger partial charge < -0.3 is 26.8 Å². The normalized spacial score (nSPS) is 10.7. The third-order valence-corrected chi connectivity index (χ3v) is 3.49. The Labute approximate surface area is 194 Å². The van der Waals surface area contributed by atoms with E-state index < -0.39 is 33.9 Å². The van der Waals surface area contributed by atoms with E-state index in [4.69, 9.17) is 15.9 Å². The molecule has 2 aromatic rings. The number of carbonyl (C=O) groups excluding carboxylic acids is 1. The molecule has 0 saturated carbocycles. The number of aldehydes is 1. The molecule has 0 aliphatic rings. The van der Waals surface area contributed by atoms with E-state index in [1.807, 2.05) is 0 Å². The highest BCUT2D eigenvalue weighted by molar-refractivity contribution is 5.75. The molecule has 0 heterocycles. The number of carbonyl (C=O) groups is 3. The fraction of sp³-hybridized carbons (Fsp3) is 0.250. The van der Waals surface area contributed by atoms with Crippen LogP contribution in [0.1, 0.15) is 36.9 Å². The number of rotatable bonds is 7. The molecule has 2 rings (SSSR count). The molecular weight excluding hydrogens is 456 g/mol. The van der Waals surface area contributed by atoms with Crippen LogP contribution in [0.4, 0.5) is 11.4 Å². The fourth-order valence-corrected chi connectivity index (χ4v) is 1.81. The molecule has 0 bridgehead atoms. The predicted molar refractivity (Wildman–Crippen MR) is 122 cm³/mol. The lowest BCUT2D eigenvalue weighted by molar-refractivity contribution is -0.385. The number of hydrogen-bond donors (Lipinski definition) is 5. The van der Waals surface area contributed by atoms with E-state index in [9.17, 15) is 39.7 Å². The summed E-state index contributed by atoms with van der Waals surface area (Å²) in [7, 11) is 0. The van der Waals surface area contributed by atoms with Gasteiger partial charge in [0.05, 0.1) is 16.4 Å². The topological polar surface area (TPSA) is 250 Å². The summed E-state index contributed by atoms with van der Waals surface area (Å²) in [6.45, 7) is -0.278. The van der Waals surface area contributed by atoms with Gasteiger partial charge in [0.25, 0.3) is 11.4 Å². The van der Waals surface area contributed by atoms with E-state index in [0.29, 0.717) is 11.8 Å². The molecule has 0 aliphatic carbocycles. The van der Waals surface area contributed by atoms with E-state index >= 15 is 0 Å². The summed E-state index contributed by atoms with van der Waals surface area (Å²) in [6.07, 6.45) is -0.748. The lowest BCUT2D eigenvalue weighted by Crippen LogP contribution is -2.36. The summed E-state index contributed by atoms with van der Waals surface area (Å²) in [4.78, 5) is 49.2. The Bertz CT molecular complexity index is 933. The zero-order chi connectivity index (χ0) is 24.8. The van der Waals surface area contributed by atoms with Gasteiger partial charge in [0.15, 0.2) is 0 Å². The molecule has 0 aromatic heterocycles. The molecule has 0 unspecified atom stereocenters. The monoisotopic (exact) mass is 484 g/mol. The number of carboxylic acids is 2. The van der Waals surface area contributed by atoms with Crippen LogP contribution in [-0.4, -0.2) is 56.0 Å². The second kappa shape index (κ2) is 17.3. The van der Waals surface area contributed by atoms with Gasteiger partial charge in [-0.1, -0.05) is 14.9 Å². The number of nitrogens with two attached hydrogens (primary N) is 2. The van der Waals surface area contributed by atoms with Gasteiger partial charge in [0.2, 0.25) is 0 Å². The molecule has 14 nitrogen and oxygen atoms in total. The van der Waals surface area contributed by atoms with Crippen molar-refractivity contribution in [2.24, 2.45) is 11.5 Å². The van der Waals surface area contributed by atoms with Gasteiger partial charge in [0, 0.05) is 29.8 Å². The van der Waals surface area contributed by atoms with Crippen LogP contribution in [0.5, 0.6) is 0 Å². The molecule has 14 heteroatoms. The van der Waals surface area contributed by atoms with Crippen LogP contribution in [-0.2, 0) is 9.59 Å². The molecule has 2 atom stereocenters. The van der Waals surface area contributed by atoms with Crippen LogP contribution in [0, 0.1) is 20.2 Å². The number of aliphatic carboxylic acids is 2. The van der Waals surface area contributed by atoms with Gasteiger partial charge in [-0.3, -0.25) is 34.6 Å². The van der Waals surface area contributed by atoms with Crippen LogP contribution in [0.2, 0.25) is 0 Å². The van der Waals surface area contributed by atoms with E-state index in [-0.39, 0.29) is 38.3 Å². The van der Waals surface area contributed by atoms with Crippen LogP contribution in [0.25, 0.3) is 0 Å². The number of benzene rings is 2. The SMILES string of the molecule is C.C.NCC(=O)O.N[C@H](C(=O)O)[C@H](O)c1ccc([N+](=O)[O-])cc1.O=Cc1ccc([N+](=O)[O-])cc1. The largest absolute Gasteiger partial charge is 0.480 e. The highest BCUT2D eigenvalue weighted by Gasteiger charge is 2.23. The highest BCUT2D eigenvalue weighted by atomic mass is 16.6. The van der Waals surface area contributed by atoms with Gasteiger partial charge in [-0.25, -0.2) is 0 Å². The number of non-ortho nitro benzene ring substituents is 2. The van der Waals surface area contributed by atoms with E-state index in [2.05, 4.69) is 5.73 Å². The summed E-state index contributed by atoms with van der Waals surface area (Å²) in [5.41, 5.74) is 10.3. The molecule has 0 fully saturated rings. The molecule has 0 saturated heterocycles. The Morgan fingerprint density at radius 1 is 0.912 bits per heavy atom. The maximum absolute atomic E-state index is 10.5. The number of nitro benzene ring substituents is 2. The van der Waals surface area contributed by atoms with Crippen LogP contribution in [0.15, 0.2) is 48.5 Å². The molecule has 188 valence electrons. The van der Waals surface area contributed by atoms with Gasteiger partial charge in [0.1, 0.15) is 18.4 Å². The highest BCUT2D eigenvalue weighted by Crippen LogP contribution is 2.19. The van der Waals surface area contributed by atoms with Crippen LogP contribution >= 0.6 is 0 Å². The molecule has 7 N–H and O–H groups in total. The van der Waals surface area contributed by atoms with E-state index in [0.717, 1.165) is 0 Å². The summed E-state index contributed by atoms with van der Waals surface area (Å²) in [5, 5.41) is 46.1. The lowest BCUT2D eigenvalue weighted by atomic mass is 10.0. The quantitative estimate of drug-likeness (QED) is 0.214. The smallest absolute Gasteiger partial charge is 0.323 e.